The summed E-state index contributed by atoms with van der Waals surface area (Å²) in [7, 11) is 0. The number of hydrogen-bond donors (Lipinski definition) is 1. The lowest BCUT2D eigenvalue weighted by Crippen LogP contribution is -2.16. The Balaban J connectivity index is 2.17. The van der Waals surface area contributed by atoms with E-state index in [1.807, 2.05) is 11.5 Å². The molecule has 96 valence electrons. The third-order valence-corrected chi connectivity index (χ3v) is 3.86. The van der Waals surface area contributed by atoms with Gasteiger partial charge in [-0.05, 0) is 28.4 Å². The Morgan fingerprint density at radius 3 is 3.06 bits per heavy atom. The molecule has 0 bridgehead atoms. The second-order valence-corrected chi connectivity index (χ2v) is 6.51. The fraction of sp³-hybridized carbons (Fsp3) is 0.273. The molecule has 0 radical (unpaired) electrons. The standard InChI is InChI=1S/C11H11BrClN3OS/c1-2-3-16-6-7(13)4-8(16)10(17)15-11-14-5-9(12)18-11/h4-6H,2-3H2,1H3,(H,14,15,17). The first-order valence-electron chi connectivity index (χ1n) is 5.38. The van der Waals surface area contributed by atoms with Gasteiger partial charge >= 0.3 is 0 Å². The van der Waals surface area contributed by atoms with E-state index in [-0.39, 0.29) is 5.91 Å². The van der Waals surface area contributed by atoms with Gasteiger partial charge in [-0.1, -0.05) is 29.9 Å². The maximum atomic E-state index is 12.1. The molecule has 0 saturated heterocycles. The summed E-state index contributed by atoms with van der Waals surface area (Å²) in [4.78, 5) is 16.2. The fourth-order valence-corrected chi connectivity index (χ4v) is 2.89. The summed E-state index contributed by atoms with van der Waals surface area (Å²) in [6.07, 6.45) is 4.35. The van der Waals surface area contributed by atoms with Crippen molar-refractivity contribution in [2.75, 3.05) is 5.32 Å². The average molecular weight is 349 g/mol. The lowest BCUT2D eigenvalue weighted by molar-refractivity contribution is 0.101. The third kappa shape index (κ3) is 3.13. The van der Waals surface area contributed by atoms with Gasteiger partial charge in [-0.25, -0.2) is 4.98 Å². The van der Waals surface area contributed by atoms with Crippen LogP contribution in [0.3, 0.4) is 0 Å². The second kappa shape index (κ2) is 5.86. The Hall–Kier alpha value is -0.850. The minimum absolute atomic E-state index is 0.197. The Labute approximate surface area is 122 Å². The van der Waals surface area contributed by atoms with E-state index in [2.05, 4.69) is 26.2 Å². The van der Waals surface area contributed by atoms with Crippen molar-refractivity contribution in [1.82, 2.24) is 9.55 Å². The summed E-state index contributed by atoms with van der Waals surface area (Å²) in [5, 5.41) is 3.88. The number of aromatic nitrogens is 2. The van der Waals surface area contributed by atoms with Crippen LogP contribution < -0.4 is 5.32 Å². The van der Waals surface area contributed by atoms with E-state index in [1.165, 1.54) is 11.3 Å². The van der Waals surface area contributed by atoms with E-state index >= 15 is 0 Å². The molecule has 2 heterocycles. The molecule has 1 N–H and O–H groups in total. The predicted octanol–water partition coefficient (Wildman–Crippen LogP) is 4.02. The van der Waals surface area contributed by atoms with Crippen molar-refractivity contribution in [2.24, 2.45) is 0 Å². The molecular weight excluding hydrogens is 338 g/mol. The van der Waals surface area contributed by atoms with E-state index in [0.717, 1.165) is 16.8 Å². The molecule has 0 atom stereocenters. The molecule has 0 fully saturated rings. The molecule has 18 heavy (non-hydrogen) atoms. The van der Waals surface area contributed by atoms with Gasteiger partial charge in [0.2, 0.25) is 0 Å². The minimum atomic E-state index is -0.197. The normalized spacial score (nSPS) is 10.6. The fourth-order valence-electron chi connectivity index (χ4n) is 1.56. The van der Waals surface area contributed by atoms with Crippen LogP contribution in [0, 0.1) is 0 Å². The highest BCUT2D eigenvalue weighted by Crippen LogP contribution is 2.24. The van der Waals surface area contributed by atoms with Gasteiger partial charge in [0.15, 0.2) is 5.13 Å². The molecule has 2 aromatic heterocycles. The van der Waals surface area contributed by atoms with Crippen LogP contribution in [0.2, 0.25) is 5.02 Å². The summed E-state index contributed by atoms with van der Waals surface area (Å²) in [5.41, 5.74) is 0.549. The summed E-state index contributed by atoms with van der Waals surface area (Å²) in [5.74, 6) is -0.197. The van der Waals surface area contributed by atoms with Gasteiger partial charge in [-0.2, -0.15) is 0 Å². The summed E-state index contributed by atoms with van der Waals surface area (Å²) in [6, 6.07) is 1.66. The van der Waals surface area contributed by atoms with E-state index in [4.69, 9.17) is 11.6 Å². The van der Waals surface area contributed by atoms with Crippen LogP contribution in [0.4, 0.5) is 5.13 Å². The van der Waals surface area contributed by atoms with Crippen LogP contribution in [0.15, 0.2) is 22.2 Å². The van der Waals surface area contributed by atoms with Crippen molar-refractivity contribution < 1.29 is 4.79 Å². The number of aryl methyl sites for hydroxylation is 1. The zero-order valence-electron chi connectivity index (χ0n) is 9.61. The molecule has 0 aliphatic rings. The van der Waals surface area contributed by atoms with Crippen LogP contribution >= 0.6 is 38.9 Å². The van der Waals surface area contributed by atoms with E-state index < -0.39 is 0 Å². The highest BCUT2D eigenvalue weighted by molar-refractivity contribution is 9.11. The number of hydrogen-bond acceptors (Lipinski definition) is 3. The number of nitrogens with one attached hydrogen (secondary N) is 1. The first kappa shape index (κ1) is 13.6. The van der Waals surface area contributed by atoms with Gasteiger partial charge in [0.05, 0.1) is 15.0 Å². The molecule has 4 nitrogen and oxygen atoms in total. The molecule has 0 aliphatic carbocycles. The van der Waals surface area contributed by atoms with Crippen molar-refractivity contribution in [3.05, 3.63) is 33.0 Å². The average Bonchev–Trinajstić information content (AvgIpc) is 2.86. The molecular formula is C11H11BrClN3OS. The number of nitrogens with zero attached hydrogens (tertiary/aromatic N) is 2. The van der Waals surface area contributed by atoms with Gasteiger partial charge in [-0.15, -0.1) is 0 Å². The molecule has 0 aliphatic heterocycles. The first-order valence-corrected chi connectivity index (χ1v) is 7.37. The van der Waals surface area contributed by atoms with Crippen LogP contribution in [0.25, 0.3) is 0 Å². The number of carbonyl (C=O) groups excluding carboxylic acids is 1. The number of rotatable bonds is 4. The number of amides is 1. The Morgan fingerprint density at radius 1 is 1.67 bits per heavy atom. The number of thiazole rings is 1. The van der Waals surface area contributed by atoms with Crippen molar-refractivity contribution >= 4 is 49.9 Å². The first-order chi connectivity index (χ1) is 8.60. The lowest BCUT2D eigenvalue weighted by atomic mass is 10.4. The van der Waals surface area contributed by atoms with Gasteiger partial charge in [0.25, 0.3) is 5.91 Å². The highest BCUT2D eigenvalue weighted by Gasteiger charge is 2.14. The lowest BCUT2D eigenvalue weighted by Gasteiger charge is -2.06. The van der Waals surface area contributed by atoms with Crippen LogP contribution in [-0.2, 0) is 6.54 Å². The van der Waals surface area contributed by atoms with Crippen molar-refractivity contribution in [2.45, 2.75) is 19.9 Å². The van der Waals surface area contributed by atoms with E-state index in [9.17, 15) is 4.79 Å². The van der Waals surface area contributed by atoms with Crippen LogP contribution in [-0.4, -0.2) is 15.5 Å². The highest BCUT2D eigenvalue weighted by atomic mass is 79.9. The Bertz CT molecular complexity index is 566. The Morgan fingerprint density at radius 2 is 2.44 bits per heavy atom. The zero-order chi connectivity index (χ0) is 13.1. The topological polar surface area (TPSA) is 46.9 Å². The van der Waals surface area contributed by atoms with E-state index in [1.54, 1.807) is 18.5 Å². The molecule has 1 amide bonds. The number of carbonyl (C=O) groups is 1. The van der Waals surface area contributed by atoms with Crippen molar-refractivity contribution in [3.63, 3.8) is 0 Å². The van der Waals surface area contributed by atoms with Gasteiger partial charge in [0.1, 0.15) is 5.69 Å². The molecule has 0 spiro atoms. The monoisotopic (exact) mass is 347 g/mol. The van der Waals surface area contributed by atoms with Gasteiger partial charge in [-0.3, -0.25) is 10.1 Å². The smallest absolute Gasteiger partial charge is 0.274 e. The SMILES string of the molecule is CCCn1cc(Cl)cc1C(=O)Nc1ncc(Br)s1. The molecule has 0 unspecified atom stereocenters. The maximum absolute atomic E-state index is 12.1. The quantitative estimate of drug-likeness (QED) is 0.907. The molecule has 7 heteroatoms. The largest absolute Gasteiger partial charge is 0.342 e. The van der Waals surface area contributed by atoms with Crippen molar-refractivity contribution in [1.29, 1.82) is 0 Å². The molecule has 0 aromatic carbocycles. The Kier molecular flexibility index (Phi) is 4.42. The van der Waals surface area contributed by atoms with Gasteiger partial charge in [0, 0.05) is 12.7 Å². The third-order valence-electron chi connectivity index (χ3n) is 2.26. The second-order valence-electron chi connectivity index (χ2n) is 3.66. The minimum Gasteiger partial charge on any atom is -0.342 e. The summed E-state index contributed by atoms with van der Waals surface area (Å²) in [6.45, 7) is 2.81. The zero-order valence-corrected chi connectivity index (χ0v) is 12.8. The van der Waals surface area contributed by atoms with Crippen LogP contribution in [0.5, 0.6) is 0 Å². The molecule has 2 aromatic rings. The summed E-state index contributed by atoms with van der Waals surface area (Å²) >= 11 is 10.6. The van der Waals surface area contributed by atoms with Gasteiger partial charge < -0.3 is 4.57 Å². The number of anilines is 1. The summed E-state index contributed by atoms with van der Waals surface area (Å²) < 4.78 is 2.72. The van der Waals surface area contributed by atoms with Crippen molar-refractivity contribution in [3.8, 4) is 0 Å². The van der Waals surface area contributed by atoms with Crippen LogP contribution in [0.1, 0.15) is 23.8 Å². The molecule has 0 saturated carbocycles. The predicted molar refractivity (Wildman–Crippen MR) is 77.5 cm³/mol. The number of halogens is 2. The van der Waals surface area contributed by atoms with E-state index in [0.29, 0.717) is 15.8 Å². The maximum Gasteiger partial charge on any atom is 0.274 e. The molecule has 2 rings (SSSR count).